The third-order valence-electron chi connectivity index (χ3n) is 8.48. The fourth-order valence-corrected chi connectivity index (χ4v) is 7.25. The van der Waals surface area contributed by atoms with E-state index in [0.717, 1.165) is 13.8 Å². The van der Waals surface area contributed by atoms with Gasteiger partial charge in [-0.15, -0.1) is 0 Å². The summed E-state index contributed by atoms with van der Waals surface area (Å²) in [6.07, 6.45) is -5.69. The van der Waals surface area contributed by atoms with E-state index in [1.807, 2.05) is 0 Å². The van der Waals surface area contributed by atoms with Gasteiger partial charge >= 0.3 is 29.8 Å². The zero-order chi connectivity index (χ0) is 31.2. The van der Waals surface area contributed by atoms with Gasteiger partial charge in [0.15, 0.2) is 18.0 Å². The van der Waals surface area contributed by atoms with Crippen LogP contribution in [0.2, 0.25) is 0 Å². The van der Waals surface area contributed by atoms with Crippen molar-refractivity contribution in [3.63, 3.8) is 0 Å². The Morgan fingerprint density at radius 1 is 0.833 bits per heavy atom. The number of benzene rings is 1. The zero-order valence-electron chi connectivity index (χ0n) is 24.7. The molecule has 0 radical (unpaired) electrons. The fourth-order valence-electron chi connectivity index (χ4n) is 7.25. The van der Waals surface area contributed by atoms with E-state index in [4.69, 9.17) is 28.4 Å². The third kappa shape index (κ3) is 4.95. The first-order chi connectivity index (χ1) is 19.6. The molecule has 3 fully saturated rings. The van der Waals surface area contributed by atoms with Gasteiger partial charge in [-0.05, 0) is 38.3 Å². The van der Waals surface area contributed by atoms with E-state index in [-0.39, 0.29) is 12.0 Å². The minimum Gasteiger partial charge on any atom is -0.465 e. The van der Waals surface area contributed by atoms with Gasteiger partial charge in [0.05, 0.1) is 17.1 Å². The third-order valence-corrected chi connectivity index (χ3v) is 8.48. The lowest BCUT2D eigenvalue weighted by atomic mass is 9.47. The minimum absolute atomic E-state index is 0.0374. The first-order valence-corrected chi connectivity index (χ1v) is 13.7. The Morgan fingerprint density at radius 3 is 1.98 bits per heavy atom. The van der Waals surface area contributed by atoms with Crippen molar-refractivity contribution in [2.75, 3.05) is 6.61 Å². The van der Waals surface area contributed by atoms with Gasteiger partial charge in [-0.1, -0.05) is 25.1 Å². The molecule has 1 aromatic carbocycles. The summed E-state index contributed by atoms with van der Waals surface area (Å²) in [6.45, 7) is 8.96. The lowest BCUT2D eigenvalue weighted by molar-refractivity contribution is -0.312. The SMILES string of the molecule is CC(=O)OC[C@]12[C@H](OC(C)=O)C(=O)[C@@H]3[C@@H](OC(C)=O)[C@]1(OC3(C)C)[C@H](C)C[C@H](OC(C)=O)[C@@H]2OC(=O)c1ccccc1. The second-order valence-corrected chi connectivity index (χ2v) is 11.7. The van der Waals surface area contributed by atoms with Crippen molar-refractivity contribution in [1.82, 2.24) is 0 Å². The van der Waals surface area contributed by atoms with Crippen LogP contribution in [-0.2, 0) is 52.4 Å². The highest BCUT2D eigenvalue weighted by atomic mass is 16.6. The Labute approximate surface area is 243 Å². The first-order valence-electron chi connectivity index (χ1n) is 13.7. The summed E-state index contributed by atoms with van der Waals surface area (Å²) >= 11 is 0. The normalized spacial score (nSPS) is 34.4. The highest BCUT2D eigenvalue weighted by molar-refractivity contribution is 5.93. The monoisotopic (exact) mass is 588 g/mol. The van der Waals surface area contributed by atoms with Crippen LogP contribution in [0.4, 0.5) is 0 Å². The number of ether oxygens (including phenoxy) is 6. The molecule has 42 heavy (non-hydrogen) atoms. The van der Waals surface area contributed by atoms with Crippen molar-refractivity contribution < 1.29 is 57.2 Å². The van der Waals surface area contributed by atoms with Crippen LogP contribution >= 0.6 is 0 Å². The number of ketones is 1. The summed E-state index contributed by atoms with van der Waals surface area (Å²) in [5.41, 5.74) is -4.87. The van der Waals surface area contributed by atoms with Gasteiger partial charge in [-0.25, -0.2) is 4.79 Å². The van der Waals surface area contributed by atoms with Gasteiger partial charge < -0.3 is 28.4 Å². The maximum absolute atomic E-state index is 14.4. The zero-order valence-corrected chi connectivity index (χ0v) is 24.7. The average molecular weight is 589 g/mol. The topological polar surface area (TPSA) is 158 Å². The smallest absolute Gasteiger partial charge is 0.338 e. The van der Waals surface area contributed by atoms with Gasteiger partial charge in [0.1, 0.15) is 29.8 Å². The van der Waals surface area contributed by atoms with Crippen LogP contribution in [-0.4, -0.2) is 77.9 Å². The van der Waals surface area contributed by atoms with Gasteiger partial charge in [0, 0.05) is 27.7 Å². The number of esters is 5. The molecule has 2 aliphatic carbocycles. The van der Waals surface area contributed by atoms with Crippen LogP contribution in [0.1, 0.15) is 65.2 Å². The molecule has 1 saturated heterocycles. The molecule has 228 valence electrons. The molecule has 12 heteroatoms. The van der Waals surface area contributed by atoms with E-state index in [9.17, 15) is 28.8 Å². The molecule has 1 aliphatic heterocycles. The Morgan fingerprint density at radius 2 is 1.43 bits per heavy atom. The van der Waals surface area contributed by atoms with Crippen LogP contribution in [0.25, 0.3) is 0 Å². The van der Waals surface area contributed by atoms with E-state index in [2.05, 4.69) is 0 Å². The summed E-state index contributed by atoms with van der Waals surface area (Å²) in [6, 6.07) is 7.95. The van der Waals surface area contributed by atoms with E-state index in [1.165, 1.54) is 26.0 Å². The molecule has 1 aromatic rings. The first kappa shape index (κ1) is 31.1. The molecular formula is C30H36O12. The Balaban J connectivity index is 2.07. The minimum atomic E-state index is -2.02. The van der Waals surface area contributed by atoms with Crippen molar-refractivity contribution in [1.29, 1.82) is 0 Å². The molecule has 3 aliphatic rings. The number of hydrogen-bond acceptors (Lipinski definition) is 12. The molecule has 2 bridgehead atoms. The molecule has 1 spiro atoms. The van der Waals surface area contributed by atoms with Gasteiger partial charge in [-0.2, -0.15) is 0 Å². The number of rotatable bonds is 7. The van der Waals surface area contributed by atoms with E-state index in [0.29, 0.717) is 0 Å². The lowest BCUT2D eigenvalue weighted by Crippen LogP contribution is -2.80. The Bertz CT molecular complexity index is 1290. The number of Topliss-reactive ketones (excluding diaryl/α,β-unsaturated/α-hetero) is 1. The van der Waals surface area contributed by atoms with Gasteiger partial charge in [0.25, 0.3) is 0 Å². The summed E-state index contributed by atoms with van der Waals surface area (Å²) in [4.78, 5) is 77.7. The predicted molar refractivity (Wildman–Crippen MR) is 142 cm³/mol. The van der Waals surface area contributed by atoms with Crippen molar-refractivity contribution in [2.24, 2.45) is 17.3 Å². The van der Waals surface area contributed by atoms with Crippen molar-refractivity contribution >= 4 is 35.6 Å². The van der Waals surface area contributed by atoms with Crippen LogP contribution < -0.4 is 0 Å². The maximum Gasteiger partial charge on any atom is 0.338 e. The molecule has 4 rings (SSSR count). The molecule has 12 nitrogen and oxygen atoms in total. The largest absolute Gasteiger partial charge is 0.465 e. The van der Waals surface area contributed by atoms with Gasteiger partial charge in [0.2, 0.25) is 0 Å². The highest BCUT2D eigenvalue weighted by Gasteiger charge is 2.85. The fraction of sp³-hybridized carbons (Fsp3) is 0.600. The van der Waals surface area contributed by atoms with Crippen molar-refractivity contribution in [2.45, 2.75) is 90.5 Å². The average Bonchev–Trinajstić information content (AvgIpc) is 3.08. The quantitative estimate of drug-likeness (QED) is 0.339. The second-order valence-electron chi connectivity index (χ2n) is 11.7. The number of hydrogen-bond donors (Lipinski definition) is 0. The molecule has 0 N–H and O–H groups in total. The van der Waals surface area contributed by atoms with Crippen molar-refractivity contribution in [3.05, 3.63) is 35.9 Å². The molecule has 0 unspecified atom stereocenters. The molecular weight excluding hydrogens is 552 g/mol. The number of fused-ring (bicyclic) bond motifs is 1. The van der Waals surface area contributed by atoms with Crippen LogP contribution in [0, 0.1) is 17.3 Å². The summed E-state index contributed by atoms with van der Waals surface area (Å²) in [5, 5.41) is 0. The van der Waals surface area contributed by atoms with E-state index < -0.39 is 95.1 Å². The van der Waals surface area contributed by atoms with Crippen LogP contribution in [0.3, 0.4) is 0 Å². The lowest BCUT2D eigenvalue weighted by Gasteiger charge is -2.62. The van der Waals surface area contributed by atoms with Crippen LogP contribution in [0.15, 0.2) is 30.3 Å². The highest BCUT2D eigenvalue weighted by Crippen LogP contribution is 2.67. The molecule has 8 atom stereocenters. The maximum atomic E-state index is 14.4. The Hall–Kier alpha value is -3.80. The van der Waals surface area contributed by atoms with E-state index >= 15 is 0 Å². The standard InChI is InChI=1S/C30H36O12/c1-15-13-21(38-17(3)32)24(41-27(36)20-11-9-8-10-12-20)29(14-37-16(2)31)26(40-19(5)34)23(35)22-25(39-18(4)33)30(15,29)42-28(22,6)7/h8-12,15,21-22,24-26H,13-14H2,1-7H3/t15-,21+,22-,24+,25-,26-,29+,30-/m1/s1. The summed E-state index contributed by atoms with van der Waals surface area (Å²) in [5.74, 6) is -6.33. The van der Waals surface area contributed by atoms with Crippen molar-refractivity contribution in [3.8, 4) is 0 Å². The van der Waals surface area contributed by atoms with Crippen LogP contribution in [0.5, 0.6) is 0 Å². The Kier molecular flexibility index (Phi) is 8.25. The molecule has 0 aromatic heterocycles. The molecule has 2 saturated carbocycles. The predicted octanol–water partition coefficient (Wildman–Crippen LogP) is 2.34. The second kappa shape index (κ2) is 11.1. The number of carbonyl (C=O) groups excluding carboxylic acids is 6. The van der Waals surface area contributed by atoms with Gasteiger partial charge in [-0.3, -0.25) is 24.0 Å². The summed E-state index contributed by atoms with van der Waals surface area (Å²) < 4.78 is 35.7. The van der Waals surface area contributed by atoms with E-state index in [1.54, 1.807) is 39.0 Å². The molecule has 1 heterocycles. The summed E-state index contributed by atoms with van der Waals surface area (Å²) in [7, 11) is 0. The number of carbonyl (C=O) groups is 6. The molecule has 0 amide bonds.